The number of hydrogen-bond acceptors (Lipinski definition) is 3. The van der Waals surface area contributed by atoms with Crippen LogP contribution in [0.2, 0.25) is 0 Å². The van der Waals surface area contributed by atoms with Crippen LogP contribution >= 0.6 is 0 Å². The Bertz CT molecular complexity index is 215. The SMILES string of the molecule is CCCCCN(C)CC1(CNCCC)CCOCC1. The summed E-state index contributed by atoms with van der Waals surface area (Å²) in [6.07, 6.45) is 7.64. The molecule has 1 saturated heterocycles. The van der Waals surface area contributed by atoms with Crippen molar-refractivity contribution in [3.05, 3.63) is 0 Å². The van der Waals surface area contributed by atoms with Gasteiger partial charge in [-0.25, -0.2) is 0 Å². The van der Waals surface area contributed by atoms with Crippen LogP contribution < -0.4 is 5.32 Å². The molecule has 0 saturated carbocycles. The first kappa shape index (κ1) is 16.9. The predicted octanol–water partition coefficient (Wildman–Crippen LogP) is 2.90. The van der Waals surface area contributed by atoms with E-state index in [4.69, 9.17) is 4.74 Å². The van der Waals surface area contributed by atoms with Gasteiger partial charge in [-0.2, -0.15) is 0 Å². The molecule has 1 heterocycles. The van der Waals surface area contributed by atoms with Crippen molar-refractivity contribution in [3.63, 3.8) is 0 Å². The lowest BCUT2D eigenvalue weighted by molar-refractivity contribution is -0.000645. The fourth-order valence-electron chi connectivity index (χ4n) is 3.01. The van der Waals surface area contributed by atoms with Crippen molar-refractivity contribution in [1.82, 2.24) is 10.2 Å². The lowest BCUT2D eigenvalue weighted by Crippen LogP contribution is -2.46. The second kappa shape index (κ2) is 9.73. The quantitative estimate of drug-likeness (QED) is 0.618. The molecule has 0 radical (unpaired) electrons. The van der Waals surface area contributed by atoms with E-state index < -0.39 is 0 Å². The van der Waals surface area contributed by atoms with Crippen LogP contribution in [0.3, 0.4) is 0 Å². The maximum atomic E-state index is 5.56. The average molecular weight is 270 g/mol. The Morgan fingerprint density at radius 3 is 2.47 bits per heavy atom. The average Bonchev–Trinajstić information content (AvgIpc) is 2.40. The van der Waals surface area contributed by atoms with Crippen LogP contribution in [0, 0.1) is 5.41 Å². The molecule has 0 unspecified atom stereocenters. The molecule has 0 aromatic carbocycles. The molecule has 3 heteroatoms. The Morgan fingerprint density at radius 2 is 1.84 bits per heavy atom. The Labute approximate surface area is 120 Å². The van der Waals surface area contributed by atoms with E-state index in [0.717, 1.165) is 26.3 Å². The lowest BCUT2D eigenvalue weighted by atomic mass is 9.79. The van der Waals surface area contributed by atoms with E-state index >= 15 is 0 Å². The zero-order valence-electron chi connectivity index (χ0n) is 13.3. The van der Waals surface area contributed by atoms with Crippen molar-refractivity contribution < 1.29 is 4.74 Å². The Balaban J connectivity index is 2.39. The molecule has 1 aliphatic rings. The molecule has 0 aliphatic carbocycles. The second-order valence-corrected chi connectivity index (χ2v) is 6.23. The molecule has 3 nitrogen and oxygen atoms in total. The van der Waals surface area contributed by atoms with E-state index in [1.165, 1.54) is 51.6 Å². The summed E-state index contributed by atoms with van der Waals surface area (Å²) >= 11 is 0. The van der Waals surface area contributed by atoms with Crippen molar-refractivity contribution in [3.8, 4) is 0 Å². The van der Waals surface area contributed by atoms with Gasteiger partial charge >= 0.3 is 0 Å². The monoisotopic (exact) mass is 270 g/mol. The normalized spacial score (nSPS) is 18.9. The van der Waals surface area contributed by atoms with Crippen LogP contribution in [0.4, 0.5) is 0 Å². The van der Waals surface area contributed by atoms with Gasteiger partial charge in [-0.1, -0.05) is 26.7 Å². The van der Waals surface area contributed by atoms with Crippen molar-refractivity contribution in [2.45, 2.75) is 52.4 Å². The van der Waals surface area contributed by atoms with Gasteiger partial charge in [0.05, 0.1) is 0 Å². The highest BCUT2D eigenvalue weighted by molar-refractivity contribution is 4.86. The molecule has 19 heavy (non-hydrogen) atoms. The van der Waals surface area contributed by atoms with Crippen LogP contribution in [-0.4, -0.2) is 51.3 Å². The van der Waals surface area contributed by atoms with Crippen molar-refractivity contribution in [2.75, 3.05) is 46.4 Å². The minimum absolute atomic E-state index is 0.439. The number of nitrogens with one attached hydrogen (secondary N) is 1. The molecule has 0 amide bonds. The molecular formula is C16H34N2O. The van der Waals surface area contributed by atoms with Gasteiger partial charge in [-0.05, 0) is 51.2 Å². The van der Waals surface area contributed by atoms with Crippen molar-refractivity contribution >= 4 is 0 Å². The minimum atomic E-state index is 0.439. The first-order chi connectivity index (χ1) is 9.22. The molecule has 1 aliphatic heterocycles. The van der Waals surface area contributed by atoms with Gasteiger partial charge in [-0.15, -0.1) is 0 Å². The van der Waals surface area contributed by atoms with Gasteiger partial charge in [0.25, 0.3) is 0 Å². The largest absolute Gasteiger partial charge is 0.381 e. The minimum Gasteiger partial charge on any atom is -0.381 e. The van der Waals surface area contributed by atoms with E-state index in [1.54, 1.807) is 0 Å². The van der Waals surface area contributed by atoms with Crippen LogP contribution in [0.1, 0.15) is 52.4 Å². The second-order valence-electron chi connectivity index (χ2n) is 6.23. The third kappa shape index (κ3) is 6.73. The maximum Gasteiger partial charge on any atom is 0.0472 e. The van der Waals surface area contributed by atoms with Gasteiger partial charge in [0, 0.05) is 26.3 Å². The van der Waals surface area contributed by atoms with E-state index in [1.807, 2.05) is 0 Å². The maximum absolute atomic E-state index is 5.56. The first-order valence-corrected chi connectivity index (χ1v) is 8.19. The number of hydrogen-bond donors (Lipinski definition) is 1. The summed E-state index contributed by atoms with van der Waals surface area (Å²) in [5, 5.41) is 3.64. The highest BCUT2D eigenvalue weighted by atomic mass is 16.5. The molecule has 0 aromatic heterocycles. The molecule has 1 fully saturated rings. The fraction of sp³-hybridized carbons (Fsp3) is 1.00. The third-order valence-corrected chi connectivity index (χ3v) is 4.23. The van der Waals surface area contributed by atoms with Gasteiger partial charge in [-0.3, -0.25) is 0 Å². The van der Waals surface area contributed by atoms with E-state index in [-0.39, 0.29) is 0 Å². The number of rotatable bonds is 10. The molecule has 0 aromatic rings. The van der Waals surface area contributed by atoms with Crippen LogP contribution in [0.15, 0.2) is 0 Å². The smallest absolute Gasteiger partial charge is 0.0472 e. The van der Waals surface area contributed by atoms with E-state index in [9.17, 15) is 0 Å². The van der Waals surface area contributed by atoms with Gasteiger partial charge < -0.3 is 15.0 Å². The highest BCUT2D eigenvalue weighted by Gasteiger charge is 2.33. The summed E-state index contributed by atoms with van der Waals surface area (Å²) in [6.45, 7) is 11.1. The standard InChI is InChI=1S/C16H34N2O/c1-4-6-7-11-18(3)15-16(14-17-10-5-2)8-12-19-13-9-16/h17H,4-15H2,1-3H3. The molecule has 1 N–H and O–H groups in total. The first-order valence-electron chi connectivity index (χ1n) is 8.19. The number of ether oxygens (including phenoxy) is 1. The fourth-order valence-corrected chi connectivity index (χ4v) is 3.01. The third-order valence-electron chi connectivity index (χ3n) is 4.23. The van der Waals surface area contributed by atoms with Crippen molar-refractivity contribution in [2.24, 2.45) is 5.41 Å². The molecule has 0 bridgehead atoms. The zero-order valence-corrected chi connectivity index (χ0v) is 13.3. The summed E-state index contributed by atoms with van der Waals surface area (Å²) in [6, 6.07) is 0. The summed E-state index contributed by atoms with van der Waals surface area (Å²) < 4.78 is 5.56. The van der Waals surface area contributed by atoms with Gasteiger partial charge in [0.1, 0.15) is 0 Å². The Hall–Kier alpha value is -0.120. The summed E-state index contributed by atoms with van der Waals surface area (Å²) in [5.74, 6) is 0. The molecule has 0 atom stereocenters. The van der Waals surface area contributed by atoms with Crippen LogP contribution in [-0.2, 0) is 4.74 Å². The zero-order chi connectivity index (χ0) is 14.0. The summed E-state index contributed by atoms with van der Waals surface area (Å²) in [4.78, 5) is 2.54. The molecule has 114 valence electrons. The van der Waals surface area contributed by atoms with E-state index in [2.05, 4.69) is 31.1 Å². The Kier molecular flexibility index (Phi) is 8.67. The predicted molar refractivity (Wildman–Crippen MR) is 82.7 cm³/mol. The molecule has 0 spiro atoms. The van der Waals surface area contributed by atoms with Gasteiger partial charge in [0.15, 0.2) is 0 Å². The number of unbranched alkanes of at least 4 members (excludes halogenated alkanes) is 2. The van der Waals surface area contributed by atoms with Crippen molar-refractivity contribution in [1.29, 1.82) is 0 Å². The molecule has 1 rings (SSSR count). The topological polar surface area (TPSA) is 24.5 Å². The van der Waals surface area contributed by atoms with E-state index in [0.29, 0.717) is 5.41 Å². The molecular weight excluding hydrogens is 236 g/mol. The van der Waals surface area contributed by atoms with Crippen LogP contribution in [0.25, 0.3) is 0 Å². The highest BCUT2D eigenvalue weighted by Crippen LogP contribution is 2.30. The lowest BCUT2D eigenvalue weighted by Gasteiger charge is -2.40. The summed E-state index contributed by atoms with van der Waals surface area (Å²) in [5.41, 5.74) is 0.439. The number of nitrogens with zero attached hydrogens (tertiary/aromatic N) is 1. The van der Waals surface area contributed by atoms with Gasteiger partial charge in [0.2, 0.25) is 0 Å². The summed E-state index contributed by atoms with van der Waals surface area (Å²) in [7, 11) is 2.28. The Morgan fingerprint density at radius 1 is 1.11 bits per heavy atom. The van der Waals surface area contributed by atoms with Crippen LogP contribution in [0.5, 0.6) is 0 Å².